The van der Waals surface area contributed by atoms with Crippen molar-refractivity contribution in [2.75, 3.05) is 11.5 Å². The fraction of sp³-hybridized carbons (Fsp3) is 0.538. The lowest BCUT2D eigenvalue weighted by Crippen LogP contribution is -2.15. The molecule has 0 aromatic heterocycles. The summed E-state index contributed by atoms with van der Waals surface area (Å²) in [6.07, 6.45) is 1.18. The molecule has 1 heterocycles. The molecule has 0 radical (unpaired) electrons. The number of thioether (sulfide) groups is 1. The molecule has 0 spiro atoms. The summed E-state index contributed by atoms with van der Waals surface area (Å²) in [6, 6.07) is 7.65. The van der Waals surface area contributed by atoms with Gasteiger partial charge in [-0.15, -0.1) is 0 Å². The van der Waals surface area contributed by atoms with E-state index in [0.29, 0.717) is 6.54 Å². The molecule has 3 heteroatoms. The van der Waals surface area contributed by atoms with E-state index in [2.05, 4.69) is 0 Å². The molecule has 0 amide bonds. The van der Waals surface area contributed by atoms with Gasteiger partial charge in [0.15, 0.2) is 0 Å². The van der Waals surface area contributed by atoms with Gasteiger partial charge in [-0.05, 0) is 41.4 Å². The molecule has 2 N–H and O–H groups in total. The zero-order valence-corrected chi connectivity index (χ0v) is 10.2. The second-order valence-electron chi connectivity index (χ2n) is 4.30. The lowest BCUT2D eigenvalue weighted by molar-refractivity contribution is 0.219. The monoisotopic (exact) mass is 239 g/mol. The van der Waals surface area contributed by atoms with Gasteiger partial charge in [0, 0.05) is 6.54 Å². The van der Waals surface area contributed by atoms with Crippen molar-refractivity contribution in [3.8, 4) is 0 Å². The van der Waals surface area contributed by atoms with Gasteiger partial charge in [0.05, 0.1) is 0 Å². The minimum Gasteiger partial charge on any atom is -0.326 e. The molecule has 88 valence electrons. The maximum absolute atomic E-state index is 14.3. The summed E-state index contributed by atoms with van der Waals surface area (Å²) in [6.45, 7) is 0.487. The summed E-state index contributed by atoms with van der Waals surface area (Å²) in [5.41, 5.74) is 7.40. The number of halogens is 1. The van der Waals surface area contributed by atoms with Crippen molar-refractivity contribution in [1.82, 2.24) is 0 Å². The first kappa shape index (κ1) is 11.9. The highest BCUT2D eigenvalue weighted by Crippen LogP contribution is 2.36. The lowest BCUT2D eigenvalue weighted by Gasteiger charge is -2.25. The third kappa shape index (κ3) is 2.77. The average molecular weight is 239 g/mol. The van der Waals surface area contributed by atoms with Crippen LogP contribution in [0.1, 0.15) is 30.1 Å². The van der Waals surface area contributed by atoms with Crippen LogP contribution in [0.3, 0.4) is 0 Å². The van der Waals surface area contributed by atoms with Gasteiger partial charge in [-0.2, -0.15) is 11.8 Å². The van der Waals surface area contributed by atoms with Crippen LogP contribution in [0.4, 0.5) is 4.39 Å². The normalized spacial score (nSPS) is 19.6. The van der Waals surface area contributed by atoms with E-state index in [9.17, 15) is 4.39 Å². The minimum absolute atomic E-state index is 0.203. The molecule has 1 aliphatic rings. The fourth-order valence-corrected chi connectivity index (χ4v) is 3.32. The van der Waals surface area contributed by atoms with Gasteiger partial charge in [-0.1, -0.05) is 24.3 Å². The molecule has 0 bridgehead atoms. The summed E-state index contributed by atoms with van der Waals surface area (Å²) in [4.78, 5) is 0. The van der Waals surface area contributed by atoms with Crippen molar-refractivity contribution >= 4 is 11.8 Å². The third-order valence-electron chi connectivity index (χ3n) is 3.19. The standard InChI is InChI=1S/C13H18FNS/c14-13(11-4-6-16-7-5-11)12-3-1-2-10(8-12)9-15/h1-3,8,11,13H,4-7,9,15H2. The molecule has 1 aliphatic heterocycles. The Hall–Kier alpha value is -0.540. The van der Waals surface area contributed by atoms with Crippen LogP contribution in [-0.4, -0.2) is 11.5 Å². The topological polar surface area (TPSA) is 26.0 Å². The van der Waals surface area contributed by atoms with Crippen LogP contribution < -0.4 is 5.73 Å². The maximum atomic E-state index is 14.3. The smallest absolute Gasteiger partial charge is 0.128 e. The van der Waals surface area contributed by atoms with Crippen LogP contribution in [0.25, 0.3) is 0 Å². The molecule has 0 aliphatic carbocycles. The van der Waals surface area contributed by atoms with Crippen molar-refractivity contribution < 1.29 is 4.39 Å². The summed E-state index contributed by atoms with van der Waals surface area (Å²) in [7, 11) is 0. The number of rotatable bonds is 3. The molecule has 1 aromatic carbocycles. The van der Waals surface area contributed by atoms with Crippen molar-refractivity contribution in [1.29, 1.82) is 0 Å². The van der Waals surface area contributed by atoms with Gasteiger partial charge in [0.1, 0.15) is 6.17 Å². The zero-order valence-electron chi connectivity index (χ0n) is 9.36. The summed E-state index contributed by atoms with van der Waals surface area (Å²) < 4.78 is 14.3. The molecule has 0 saturated carbocycles. The molecule has 2 rings (SSSR count). The van der Waals surface area contributed by atoms with E-state index < -0.39 is 6.17 Å². The third-order valence-corrected chi connectivity index (χ3v) is 4.23. The summed E-state index contributed by atoms with van der Waals surface area (Å²) in [5, 5.41) is 0. The Bertz CT molecular complexity index is 336. The Kier molecular flexibility index (Phi) is 4.24. The first-order chi connectivity index (χ1) is 7.81. The van der Waals surface area contributed by atoms with Gasteiger partial charge in [0.25, 0.3) is 0 Å². The van der Waals surface area contributed by atoms with E-state index in [0.717, 1.165) is 35.5 Å². The van der Waals surface area contributed by atoms with E-state index in [4.69, 9.17) is 5.73 Å². The number of nitrogens with two attached hydrogens (primary N) is 1. The highest BCUT2D eigenvalue weighted by molar-refractivity contribution is 7.99. The molecule has 1 unspecified atom stereocenters. The van der Waals surface area contributed by atoms with E-state index in [1.807, 2.05) is 36.0 Å². The van der Waals surface area contributed by atoms with Crippen LogP contribution in [0.5, 0.6) is 0 Å². The van der Waals surface area contributed by atoms with Gasteiger partial charge < -0.3 is 5.73 Å². The van der Waals surface area contributed by atoms with Crippen molar-refractivity contribution in [3.05, 3.63) is 35.4 Å². The van der Waals surface area contributed by atoms with Gasteiger partial charge in [-0.3, -0.25) is 0 Å². The highest BCUT2D eigenvalue weighted by atomic mass is 32.2. The SMILES string of the molecule is NCc1cccc(C(F)C2CCSCC2)c1. The summed E-state index contributed by atoms with van der Waals surface area (Å²) in [5.74, 6) is 2.40. The van der Waals surface area contributed by atoms with E-state index in [-0.39, 0.29) is 5.92 Å². The second-order valence-corrected chi connectivity index (χ2v) is 5.53. The van der Waals surface area contributed by atoms with Crippen LogP contribution in [-0.2, 0) is 6.54 Å². The number of hydrogen-bond donors (Lipinski definition) is 1. The molecule has 1 saturated heterocycles. The molecule has 1 aromatic rings. The van der Waals surface area contributed by atoms with Crippen molar-refractivity contribution in [3.63, 3.8) is 0 Å². The highest BCUT2D eigenvalue weighted by Gasteiger charge is 2.24. The van der Waals surface area contributed by atoms with Gasteiger partial charge in [0.2, 0.25) is 0 Å². The van der Waals surface area contributed by atoms with Crippen LogP contribution >= 0.6 is 11.8 Å². The van der Waals surface area contributed by atoms with Crippen LogP contribution in [0.15, 0.2) is 24.3 Å². The minimum atomic E-state index is -0.813. The molecule has 1 fully saturated rings. The zero-order chi connectivity index (χ0) is 11.4. The number of alkyl halides is 1. The molecule has 16 heavy (non-hydrogen) atoms. The maximum Gasteiger partial charge on any atom is 0.128 e. The van der Waals surface area contributed by atoms with E-state index in [1.54, 1.807) is 0 Å². The van der Waals surface area contributed by atoms with E-state index >= 15 is 0 Å². The molecular formula is C13H18FNS. The Morgan fingerprint density at radius 2 is 2.12 bits per heavy atom. The lowest BCUT2D eigenvalue weighted by atomic mass is 9.91. The quantitative estimate of drug-likeness (QED) is 0.876. The first-order valence-electron chi connectivity index (χ1n) is 5.82. The van der Waals surface area contributed by atoms with Crippen LogP contribution in [0.2, 0.25) is 0 Å². The predicted octanol–water partition coefficient (Wildman–Crippen LogP) is 3.30. The largest absolute Gasteiger partial charge is 0.326 e. The Morgan fingerprint density at radius 3 is 2.81 bits per heavy atom. The van der Waals surface area contributed by atoms with Gasteiger partial charge in [-0.25, -0.2) is 4.39 Å². The molecule has 1 atom stereocenters. The Balaban J connectivity index is 2.09. The fourth-order valence-electron chi connectivity index (χ4n) is 2.17. The summed E-state index contributed by atoms with van der Waals surface area (Å²) >= 11 is 1.93. The van der Waals surface area contributed by atoms with E-state index in [1.165, 1.54) is 0 Å². The molecule has 1 nitrogen and oxygen atoms in total. The van der Waals surface area contributed by atoms with Gasteiger partial charge >= 0.3 is 0 Å². The first-order valence-corrected chi connectivity index (χ1v) is 6.97. The number of benzene rings is 1. The van der Waals surface area contributed by atoms with Crippen LogP contribution in [0, 0.1) is 5.92 Å². The van der Waals surface area contributed by atoms with Crippen molar-refractivity contribution in [2.45, 2.75) is 25.6 Å². The predicted molar refractivity (Wildman–Crippen MR) is 68.2 cm³/mol. The second kappa shape index (κ2) is 5.69. The Labute approximate surface area is 101 Å². The molecular weight excluding hydrogens is 221 g/mol. The Morgan fingerprint density at radius 1 is 1.38 bits per heavy atom. The average Bonchev–Trinajstić information content (AvgIpc) is 2.39. The van der Waals surface area contributed by atoms with Crippen molar-refractivity contribution in [2.24, 2.45) is 11.7 Å². The number of hydrogen-bond acceptors (Lipinski definition) is 2.